The van der Waals surface area contributed by atoms with Crippen LogP contribution in [0.25, 0.3) is 0 Å². The lowest BCUT2D eigenvalue weighted by molar-refractivity contribution is -0.118. The van der Waals surface area contributed by atoms with Crippen LogP contribution in [0.5, 0.6) is 0 Å². The molecular weight excluding hydrogens is 272 g/mol. The first-order chi connectivity index (χ1) is 8.28. The smallest absolute Gasteiger partial charge is 0.248 e. The summed E-state index contributed by atoms with van der Waals surface area (Å²) in [5.74, 6) is 0.545. The van der Waals surface area contributed by atoms with Crippen molar-refractivity contribution < 1.29 is 13.2 Å². The number of thioether (sulfide) groups is 1. The van der Waals surface area contributed by atoms with E-state index in [0.29, 0.717) is 17.5 Å². The van der Waals surface area contributed by atoms with Gasteiger partial charge in [-0.3, -0.25) is 4.79 Å². The molecule has 0 aromatic rings. The molecule has 102 valence electrons. The summed E-state index contributed by atoms with van der Waals surface area (Å²) >= 11 is 1.42. The molecule has 2 saturated heterocycles. The second kappa shape index (κ2) is 4.85. The van der Waals surface area contributed by atoms with Gasteiger partial charge in [-0.05, 0) is 5.92 Å². The number of aliphatic imine (C=N–C) groups is 1. The van der Waals surface area contributed by atoms with Gasteiger partial charge in [-0.25, -0.2) is 8.42 Å². The van der Waals surface area contributed by atoms with E-state index < -0.39 is 9.84 Å². The molecule has 1 amide bonds. The molecule has 0 aromatic heterocycles. The highest BCUT2D eigenvalue weighted by molar-refractivity contribution is 8.15. The number of hydrogen-bond acceptors (Lipinski definition) is 4. The Balaban J connectivity index is 2.08. The first-order valence-corrected chi connectivity index (χ1v) is 8.70. The molecule has 7 heteroatoms. The van der Waals surface area contributed by atoms with Gasteiger partial charge in [0.15, 0.2) is 15.0 Å². The van der Waals surface area contributed by atoms with Gasteiger partial charge in [0.05, 0.1) is 17.5 Å². The molecule has 0 saturated carbocycles. The van der Waals surface area contributed by atoms with Crippen LogP contribution in [-0.2, 0) is 14.6 Å². The minimum absolute atomic E-state index is 0.0226. The molecule has 0 aliphatic carbocycles. The molecule has 0 N–H and O–H groups in total. The van der Waals surface area contributed by atoms with Gasteiger partial charge in [0.25, 0.3) is 0 Å². The molecular formula is C11H18N2O3S2. The lowest BCUT2D eigenvalue weighted by Gasteiger charge is -2.17. The van der Waals surface area contributed by atoms with E-state index >= 15 is 0 Å². The van der Waals surface area contributed by atoms with Crippen molar-refractivity contribution in [3.05, 3.63) is 0 Å². The minimum atomic E-state index is -2.91. The lowest BCUT2D eigenvalue weighted by Crippen LogP contribution is -2.34. The maximum Gasteiger partial charge on any atom is 0.248 e. The Morgan fingerprint density at radius 1 is 1.50 bits per heavy atom. The number of amides is 1. The molecule has 2 rings (SSSR count). The van der Waals surface area contributed by atoms with E-state index in [1.165, 1.54) is 11.8 Å². The number of rotatable bonds is 2. The second-order valence-corrected chi connectivity index (χ2v) is 8.66. The van der Waals surface area contributed by atoms with E-state index in [2.05, 4.69) is 4.99 Å². The SMILES string of the molecule is CC(C)CC(=O)N=C1S[C@H]2CS(=O)(=O)C[C@@H]2N1C. The van der Waals surface area contributed by atoms with Crippen LogP contribution in [0, 0.1) is 5.92 Å². The Bertz CT molecular complexity index is 485. The van der Waals surface area contributed by atoms with Crippen molar-refractivity contribution in [1.29, 1.82) is 0 Å². The minimum Gasteiger partial charge on any atom is -0.349 e. The average Bonchev–Trinajstić information content (AvgIpc) is 2.61. The van der Waals surface area contributed by atoms with Crippen LogP contribution in [0.4, 0.5) is 0 Å². The highest BCUT2D eigenvalue weighted by Crippen LogP contribution is 2.36. The van der Waals surface area contributed by atoms with Crippen LogP contribution in [-0.4, -0.2) is 54.2 Å². The van der Waals surface area contributed by atoms with E-state index in [-0.39, 0.29) is 28.7 Å². The number of sulfone groups is 1. The molecule has 2 heterocycles. The second-order valence-electron chi connectivity index (χ2n) is 5.30. The zero-order valence-electron chi connectivity index (χ0n) is 10.8. The quantitative estimate of drug-likeness (QED) is 0.751. The topological polar surface area (TPSA) is 66.8 Å². The Hall–Kier alpha value is -0.560. The number of carbonyl (C=O) groups excluding carboxylic acids is 1. The third-order valence-electron chi connectivity index (χ3n) is 3.13. The van der Waals surface area contributed by atoms with E-state index in [9.17, 15) is 13.2 Å². The fourth-order valence-electron chi connectivity index (χ4n) is 2.24. The zero-order chi connectivity index (χ0) is 13.5. The summed E-state index contributed by atoms with van der Waals surface area (Å²) < 4.78 is 23.0. The predicted octanol–water partition coefficient (Wildman–Crippen LogP) is 0.759. The molecule has 2 aliphatic heterocycles. The summed E-state index contributed by atoms with van der Waals surface area (Å²) in [6.07, 6.45) is 0.436. The Morgan fingerprint density at radius 3 is 2.72 bits per heavy atom. The summed E-state index contributed by atoms with van der Waals surface area (Å²) in [4.78, 5) is 17.6. The summed E-state index contributed by atoms with van der Waals surface area (Å²) in [7, 11) is -1.09. The first kappa shape index (κ1) is 13.9. The van der Waals surface area contributed by atoms with Crippen molar-refractivity contribution in [2.45, 2.75) is 31.6 Å². The summed E-state index contributed by atoms with van der Waals surface area (Å²) in [5, 5.41) is 0.705. The molecule has 0 unspecified atom stereocenters. The highest BCUT2D eigenvalue weighted by Gasteiger charge is 2.47. The Morgan fingerprint density at radius 2 is 2.17 bits per heavy atom. The largest absolute Gasteiger partial charge is 0.349 e. The molecule has 0 bridgehead atoms. The van der Waals surface area contributed by atoms with E-state index in [1.54, 1.807) is 0 Å². The maximum atomic E-state index is 11.7. The van der Waals surface area contributed by atoms with Crippen molar-refractivity contribution in [3.63, 3.8) is 0 Å². The summed E-state index contributed by atoms with van der Waals surface area (Å²) in [5.41, 5.74) is 0. The average molecular weight is 290 g/mol. The Labute approximate surface area is 112 Å². The number of carbonyl (C=O) groups is 1. The third kappa shape index (κ3) is 2.88. The van der Waals surface area contributed by atoms with Gasteiger partial charge in [0.2, 0.25) is 5.91 Å². The molecule has 0 spiro atoms. The molecule has 0 aromatic carbocycles. The van der Waals surface area contributed by atoms with Crippen molar-refractivity contribution in [2.75, 3.05) is 18.6 Å². The van der Waals surface area contributed by atoms with Gasteiger partial charge in [-0.1, -0.05) is 25.6 Å². The molecule has 5 nitrogen and oxygen atoms in total. The van der Waals surface area contributed by atoms with Crippen LogP contribution in [0.1, 0.15) is 20.3 Å². The van der Waals surface area contributed by atoms with Crippen LogP contribution >= 0.6 is 11.8 Å². The molecule has 2 atom stereocenters. The first-order valence-electron chi connectivity index (χ1n) is 6.00. The monoisotopic (exact) mass is 290 g/mol. The molecule has 0 radical (unpaired) electrons. The standard InChI is InChI=1S/C11H18N2O3S2/c1-7(2)4-10(14)12-11-13(3)8-5-18(15,16)6-9(8)17-11/h7-9H,4-6H2,1-3H3/t8-,9-/m0/s1. The summed E-state index contributed by atoms with van der Waals surface area (Å²) in [6.45, 7) is 3.95. The Kier molecular flexibility index (Phi) is 3.73. The molecule has 2 fully saturated rings. The number of hydrogen-bond donors (Lipinski definition) is 0. The predicted molar refractivity (Wildman–Crippen MR) is 73.5 cm³/mol. The van der Waals surface area contributed by atoms with Crippen LogP contribution in [0.15, 0.2) is 4.99 Å². The van der Waals surface area contributed by atoms with E-state index in [4.69, 9.17) is 0 Å². The van der Waals surface area contributed by atoms with Gasteiger partial charge in [-0.15, -0.1) is 0 Å². The summed E-state index contributed by atoms with van der Waals surface area (Å²) in [6, 6.07) is -0.0226. The van der Waals surface area contributed by atoms with Crippen LogP contribution < -0.4 is 0 Å². The number of amidine groups is 1. The number of fused-ring (bicyclic) bond motifs is 1. The number of nitrogens with zero attached hydrogens (tertiary/aromatic N) is 2. The van der Waals surface area contributed by atoms with Crippen molar-refractivity contribution >= 4 is 32.7 Å². The van der Waals surface area contributed by atoms with E-state index in [0.717, 1.165) is 0 Å². The fourth-order valence-corrected chi connectivity index (χ4v) is 6.25. The fraction of sp³-hybridized carbons (Fsp3) is 0.818. The van der Waals surface area contributed by atoms with Crippen molar-refractivity contribution in [3.8, 4) is 0 Å². The van der Waals surface area contributed by atoms with Crippen LogP contribution in [0.2, 0.25) is 0 Å². The highest BCUT2D eigenvalue weighted by atomic mass is 32.2. The molecule has 2 aliphatic rings. The third-order valence-corrected chi connectivity index (χ3v) is 6.43. The normalized spacial score (nSPS) is 32.2. The zero-order valence-corrected chi connectivity index (χ0v) is 12.4. The van der Waals surface area contributed by atoms with Gasteiger partial charge >= 0.3 is 0 Å². The maximum absolute atomic E-state index is 11.7. The van der Waals surface area contributed by atoms with Crippen molar-refractivity contribution in [2.24, 2.45) is 10.9 Å². The lowest BCUT2D eigenvalue weighted by atomic mass is 10.1. The van der Waals surface area contributed by atoms with Gasteiger partial charge in [0.1, 0.15) is 0 Å². The molecule has 18 heavy (non-hydrogen) atoms. The van der Waals surface area contributed by atoms with Gasteiger partial charge in [0, 0.05) is 18.7 Å². The van der Waals surface area contributed by atoms with Gasteiger partial charge in [-0.2, -0.15) is 4.99 Å². The van der Waals surface area contributed by atoms with Crippen molar-refractivity contribution in [1.82, 2.24) is 4.90 Å². The van der Waals surface area contributed by atoms with Crippen LogP contribution in [0.3, 0.4) is 0 Å². The van der Waals surface area contributed by atoms with E-state index in [1.807, 2.05) is 25.8 Å². The van der Waals surface area contributed by atoms with Gasteiger partial charge < -0.3 is 4.90 Å².